The molecule has 17 heavy (non-hydrogen) atoms. The van der Waals surface area contributed by atoms with Crippen LogP contribution in [-0.4, -0.2) is 36.5 Å². The number of nitrogens with zero attached hydrogens (tertiary/aromatic N) is 1. The van der Waals surface area contributed by atoms with Gasteiger partial charge in [-0.25, -0.2) is 15.0 Å². The van der Waals surface area contributed by atoms with E-state index in [2.05, 4.69) is 15.3 Å². The van der Waals surface area contributed by atoms with Crippen molar-refractivity contribution < 1.29 is 19.1 Å². The molecule has 1 amide bonds. The Labute approximate surface area is 100 Å². The summed E-state index contributed by atoms with van der Waals surface area (Å²) in [5.41, 5.74) is 6.67. The van der Waals surface area contributed by atoms with Gasteiger partial charge >= 0.3 is 12.1 Å². The monoisotopic (exact) mass is 245 g/mol. The minimum absolute atomic E-state index is 0.0716. The van der Waals surface area contributed by atoms with Gasteiger partial charge in [0.2, 0.25) is 0 Å². The third-order valence-corrected chi connectivity index (χ3v) is 1.39. The van der Waals surface area contributed by atoms with Crippen LogP contribution in [0.1, 0.15) is 27.7 Å². The zero-order chi connectivity index (χ0) is 13.5. The number of ether oxygens (including phenoxy) is 2. The number of carbonyl (C=O) groups excluding carboxylic acids is 2. The Kier molecular flexibility index (Phi) is 6.19. The van der Waals surface area contributed by atoms with Gasteiger partial charge in [0.25, 0.3) is 0 Å². The molecule has 0 aliphatic carbocycles. The molecule has 0 saturated heterocycles. The highest BCUT2D eigenvalue weighted by atomic mass is 16.6. The largest absolute Gasteiger partial charge is 0.461 e. The van der Waals surface area contributed by atoms with E-state index in [9.17, 15) is 9.59 Å². The molecule has 7 heteroatoms. The number of nitrogens with two attached hydrogens (primary N) is 1. The third kappa shape index (κ3) is 7.29. The Bertz CT molecular complexity index is 307. The molecule has 7 nitrogen and oxygen atoms in total. The van der Waals surface area contributed by atoms with Crippen LogP contribution >= 0.6 is 0 Å². The Balaban J connectivity index is 4.37. The second-order valence-electron chi connectivity index (χ2n) is 4.10. The van der Waals surface area contributed by atoms with Crippen molar-refractivity contribution in [2.75, 3.05) is 13.2 Å². The maximum Gasteiger partial charge on any atom is 0.428 e. The van der Waals surface area contributed by atoms with Gasteiger partial charge in [-0.3, -0.25) is 0 Å². The summed E-state index contributed by atoms with van der Waals surface area (Å²) in [4.78, 5) is 22.5. The van der Waals surface area contributed by atoms with Crippen molar-refractivity contribution in [3.63, 3.8) is 0 Å². The van der Waals surface area contributed by atoms with Gasteiger partial charge in [-0.2, -0.15) is 5.10 Å². The Morgan fingerprint density at radius 1 is 1.35 bits per heavy atom. The number of hydrogen-bond acceptors (Lipinski definition) is 6. The first kappa shape index (κ1) is 15.4. The average Bonchev–Trinajstić information content (AvgIpc) is 2.16. The summed E-state index contributed by atoms with van der Waals surface area (Å²) in [5.74, 6) is -0.661. The van der Waals surface area contributed by atoms with E-state index in [-0.39, 0.29) is 18.9 Å². The molecule has 0 radical (unpaired) electrons. The highest BCUT2D eigenvalue weighted by Gasteiger charge is 2.17. The normalized spacial score (nSPS) is 11.9. The molecule has 0 aromatic heterocycles. The predicted molar refractivity (Wildman–Crippen MR) is 62.5 cm³/mol. The molecular formula is C10H19N3O4. The van der Waals surface area contributed by atoms with Crippen LogP contribution in [0.5, 0.6) is 0 Å². The molecule has 3 N–H and O–H groups in total. The van der Waals surface area contributed by atoms with Crippen LogP contribution in [0.3, 0.4) is 0 Å². The molecule has 0 rings (SSSR count). The molecule has 0 fully saturated rings. The Hall–Kier alpha value is -1.63. The number of hydrazone groups is 1. The number of amides is 1. The molecule has 0 aliphatic rings. The SMILES string of the molecule is CCOC(=O)C(CN)=NNC(=O)OC(C)(C)C. The van der Waals surface area contributed by atoms with Gasteiger partial charge in [-0.1, -0.05) is 0 Å². The lowest BCUT2D eigenvalue weighted by atomic mass is 10.2. The first-order chi connectivity index (χ1) is 7.80. The summed E-state index contributed by atoms with van der Waals surface area (Å²) >= 11 is 0. The first-order valence-corrected chi connectivity index (χ1v) is 5.23. The van der Waals surface area contributed by atoms with Crippen LogP contribution in [0.2, 0.25) is 0 Å². The summed E-state index contributed by atoms with van der Waals surface area (Å²) < 4.78 is 9.61. The molecule has 0 atom stereocenters. The molecule has 0 bridgehead atoms. The summed E-state index contributed by atoms with van der Waals surface area (Å²) in [6, 6.07) is 0. The zero-order valence-corrected chi connectivity index (χ0v) is 10.6. The van der Waals surface area contributed by atoms with E-state index in [0.717, 1.165) is 0 Å². The smallest absolute Gasteiger partial charge is 0.428 e. The van der Waals surface area contributed by atoms with Gasteiger partial charge < -0.3 is 15.2 Å². The van der Waals surface area contributed by atoms with Crippen molar-refractivity contribution in [1.29, 1.82) is 0 Å². The fraction of sp³-hybridized carbons (Fsp3) is 0.700. The van der Waals surface area contributed by atoms with E-state index in [0.29, 0.717) is 0 Å². The van der Waals surface area contributed by atoms with Crippen LogP contribution in [0.25, 0.3) is 0 Å². The maximum atomic E-state index is 11.2. The quantitative estimate of drug-likeness (QED) is 0.423. The molecule has 98 valence electrons. The van der Waals surface area contributed by atoms with Gasteiger partial charge in [-0.15, -0.1) is 0 Å². The van der Waals surface area contributed by atoms with Gasteiger partial charge in [0.1, 0.15) is 5.60 Å². The number of rotatable bonds is 4. The summed E-state index contributed by atoms with van der Waals surface area (Å²) in [6.45, 7) is 6.88. The second-order valence-corrected chi connectivity index (χ2v) is 4.10. The van der Waals surface area contributed by atoms with Crippen LogP contribution in [0.15, 0.2) is 5.10 Å². The fourth-order valence-electron chi connectivity index (χ4n) is 0.803. The highest BCUT2D eigenvalue weighted by Crippen LogP contribution is 2.06. The lowest BCUT2D eigenvalue weighted by Crippen LogP contribution is -2.33. The average molecular weight is 245 g/mol. The zero-order valence-electron chi connectivity index (χ0n) is 10.6. The molecule has 0 heterocycles. The van der Waals surface area contributed by atoms with Gasteiger partial charge in [-0.05, 0) is 27.7 Å². The fourth-order valence-corrected chi connectivity index (χ4v) is 0.803. The van der Waals surface area contributed by atoms with Crippen LogP contribution in [-0.2, 0) is 14.3 Å². The summed E-state index contributed by atoms with van der Waals surface area (Å²) in [6.07, 6.45) is -0.757. The van der Waals surface area contributed by atoms with E-state index >= 15 is 0 Å². The van der Waals surface area contributed by atoms with Crippen LogP contribution < -0.4 is 11.2 Å². The van der Waals surface area contributed by atoms with E-state index in [1.54, 1.807) is 27.7 Å². The Morgan fingerprint density at radius 2 is 1.94 bits per heavy atom. The minimum atomic E-state index is -0.757. The summed E-state index contributed by atoms with van der Waals surface area (Å²) in [7, 11) is 0. The third-order valence-electron chi connectivity index (χ3n) is 1.39. The second kappa shape index (κ2) is 6.85. The number of esters is 1. The molecule has 0 aromatic carbocycles. The molecule has 0 saturated carbocycles. The number of carbonyl (C=O) groups is 2. The summed E-state index contributed by atoms with van der Waals surface area (Å²) in [5, 5.41) is 3.54. The van der Waals surface area contributed by atoms with Crippen molar-refractivity contribution in [2.24, 2.45) is 10.8 Å². The molecule has 0 aliphatic heterocycles. The van der Waals surface area contributed by atoms with Crippen molar-refractivity contribution in [3.8, 4) is 0 Å². The van der Waals surface area contributed by atoms with Crippen LogP contribution in [0.4, 0.5) is 4.79 Å². The molecule has 0 unspecified atom stereocenters. The van der Waals surface area contributed by atoms with Crippen molar-refractivity contribution in [2.45, 2.75) is 33.3 Å². The Morgan fingerprint density at radius 3 is 2.35 bits per heavy atom. The predicted octanol–water partition coefficient (Wildman–Crippen LogP) is 0.389. The van der Waals surface area contributed by atoms with Crippen molar-refractivity contribution in [3.05, 3.63) is 0 Å². The first-order valence-electron chi connectivity index (χ1n) is 5.23. The molecule has 0 aromatic rings. The van der Waals surface area contributed by atoms with E-state index in [4.69, 9.17) is 10.5 Å². The van der Waals surface area contributed by atoms with Crippen molar-refractivity contribution in [1.82, 2.24) is 5.43 Å². The maximum absolute atomic E-state index is 11.2. The number of nitrogens with one attached hydrogen (secondary N) is 1. The highest BCUT2D eigenvalue weighted by molar-refractivity contribution is 6.37. The topological polar surface area (TPSA) is 103 Å². The van der Waals surface area contributed by atoms with Gasteiger partial charge in [0, 0.05) is 6.54 Å². The lowest BCUT2D eigenvalue weighted by Gasteiger charge is -2.18. The van der Waals surface area contributed by atoms with E-state index < -0.39 is 17.7 Å². The molecule has 0 spiro atoms. The van der Waals surface area contributed by atoms with Crippen LogP contribution in [0, 0.1) is 0 Å². The minimum Gasteiger partial charge on any atom is -0.461 e. The van der Waals surface area contributed by atoms with E-state index in [1.165, 1.54) is 0 Å². The standard InChI is InChI=1S/C10H19N3O4/c1-5-16-8(14)7(6-11)12-13-9(15)17-10(2,3)4/h5-6,11H2,1-4H3,(H,13,15). The van der Waals surface area contributed by atoms with Crippen molar-refractivity contribution >= 4 is 17.8 Å². The van der Waals surface area contributed by atoms with E-state index in [1.807, 2.05) is 0 Å². The molecular weight excluding hydrogens is 226 g/mol. The number of hydrogen-bond donors (Lipinski definition) is 2. The van der Waals surface area contributed by atoms with Gasteiger partial charge in [0.05, 0.1) is 6.61 Å². The lowest BCUT2D eigenvalue weighted by molar-refractivity contribution is -0.135. The van der Waals surface area contributed by atoms with Gasteiger partial charge in [0.15, 0.2) is 5.71 Å².